The number of benzene rings is 2. The number of hydrogen-bond acceptors (Lipinski definition) is 3. The van der Waals surface area contributed by atoms with Gasteiger partial charge in [0.25, 0.3) is 0 Å². The highest BCUT2D eigenvalue weighted by Crippen LogP contribution is 2.18. The highest BCUT2D eigenvalue weighted by atomic mass is 16.2. The van der Waals surface area contributed by atoms with Gasteiger partial charge in [-0.2, -0.15) is 0 Å². The van der Waals surface area contributed by atoms with Gasteiger partial charge in [0, 0.05) is 24.3 Å². The minimum atomic E-state index is -0.293. The molecular weight excluding hydrogens is 364 g/mol. The Labute approximate surface area is 172 Å². The maximum Gasteiger partial charge on any atom is 0.323 e. The lowest BCUT2D eigenvalue weighted by Gasteiger charge is -2.22. The van der Waals surface area contributed by atoms with Gasteiger partial charge in [-0.25, -0.2) is 4.79 Å². The van der Waals surface area contributed by atoms with Gasteiger partial charge in [-0.1, -0.05) is 24.3 Å². The summed E-state index contributed by atoms with van der Waals surface area (Å²) in [6, 6.07) is 14.9. The first-order valence-corrected chi connectivity index (χ1v) is 10.3. The predicted octanol–water partition coefficient (Wildman–Crippen LogP) is 4.04. The van der Waals surface area contributed by atoms with E-state index in [9.17, 15) is 9.59 Å². The van der Waals surface area contributed by atoms with Crippen molar-refractivity contribution in [3.8, 4) is 0 Å². The van der Waals surface area contributed by atoms with E-state index in [0.29, 0.717) is 24.6 Å². The third-order valence-electron chi connectivity index (χ3n) is 5.19. The number of piperidine rings is 1. The second kappa shape index (κ2) is 10.6. The number of aryl methyl sites for hydroxylation is 1. The molecule has 1 aliphatic heterocycles. The van der Waals surface area contributed by atoms with E-state index in [1.165, 1.54) is 0 Å². The molecule has 0 radical (unpaired) electrons. The summed E-state index contributed by atoms with van der Waals surface area (Å²) < 4.78 is 0. The van der Waals surface area contributed by atoms with Crippen molar-refractivity contribution in [1.82, 2.24) is 10.6 Å². The fourth-order valence-corrected chi connectivity index (χ4v) is 3.57. The van der Waals surface area contributed by atoms with Crippen molar-refractivity contribution in [1.29, 1.82) is 0 Å². The smallest absolute Gasteiger partial charge is 0.323 e. The molecule has 2 aromatic rings. The predicted molar refractivity (Wildman–Crippen MR) is 117 cm³/mol. The number of amides is 3. The van der Waals surface area contributed by atoms with Crippen LogP contribution in [0.4, 0.5) is 16.2 Å². The second-order valence-electron chi connectivity index (χ2n) is 7.66. The number of carbonyl (C=O) groups excluding carboxylic acids is 2. The molecule has 0 aromatic heterocycles. The van der Waals surface area contributed by atoms with E-state index in [0.717, 1.165) is 49.2 Å². The third kappa shape index (κ3) is 7.23. The van der Waals surface area contributed by atoms with Crippen molar-refractivity contribution in [3.05, 3.63) is 59.7 Å². The molecule has 1 aliphatic rings. The Bertz CT molecular complexity index is 831. The minimum absolute atomic E-state index is 0.0825. The zero-order valence-electron chi connectivity index (χ0n) is 17.0. The summed E-state index contributed by atoms with van der Waals surface area (Å²) in [6.45, 7) is 4.56. The molecule has 3 rings (SSSR count). The molecule has 2 aromatic carbocycles. The van der Waals surface area contributed by atoms with Crippen LogP contribution < -0.4 is 21.3 Å². The number of rotatable bonds is 7. The molecule has 0 saturated carbocycles. The zero-order valence-corrected chi connectivity index (χ0v) is 17.0. The molecule has 6 heteroatoms. The summed E-state index contributed by atoms with van der Waals surface area (Å²) in [4.78, 5) is 24.4. The van der Waals surface area contributed by atoms with E-state index in [-0.39, 0.29) is 11.9 Å². The monoisotopic (exact) mass is 394 g/mol. The zero-order chi connectivity index (χ0) is 20.5. The van der Waals surface area contributed by atoms with E-state index in [2.05, 4.69) is 21.3 Å². The summed E-state index contributed by atoms with van der Waals surface area (Å²) in [5, 5.41) is 12.0. The van der Waals surface area contributed by atoms with Gasteiger partial charge >= 0.3 is 6.03 Å². The van der Waals surface area contributed by atoms with Gasteiger partial charge in [-0.15, -0.1) is 0 Å². The summed E-state index contributed by atoms with van der Waals surface area (Å²) >= 11 is 0. The molecule has 0 unspecified atom stereocenters. The molecule has 1 fully saturated rings. The lowest BCUT2D eigenvalue weighted by Crippen LogP contribution is -2.29. The van der Waals surface area contributed by atoms with Crippen LogP contribution in [0.1, 0.15) is 36.8 Å². The average molecular weight is 395 g/mol. The first-order chi connectivity index (χ1) is 14.1. The van der Waals surface area contributed by atoms with Gasteiger partial charge in [-0.05, 0) is 80.6 Å². The van der Waals surface area contributed by atoms with Crippen LogP contribution in [0.2, 0.25) is 0 Å². The molecule has 0 aliphatic carbocycles. The molecule has 0 bridgehead atoms. The van der Waals surface area contributed by atoms with E-state index in [4.69, 9.17) is 0 Å². The molecule has 0 spiro atoms. The SMILES string of the molecule is Cc1cccc(NC(=O)Nc2cccc(CNC(=O)CCC3CCNCC3)c2)c1. The number of hydrogen-bond donors (Lipinski definition) is 4. The van der Waals surface area contributed by atoms with Crippen molar-refractivity contribution in [2.24, 2.45) is 5.92 Å². The van der Waals surface area contributed by atoms with Crippen LogP contribution in [0, 0.1) is 12.8 Å². The summed E-state index contributed by atoms with van der Waals surface area (Å²) in [5.41, 5.74) is 3.48. The van der Waals surface area contributed by atoms with Crippen molar-refractivity contribution in [3.63, 3.8) is 0 Å². The van der Waals surface area contributed by atoms with Crippen molar-refractivity contribution in [2.75, 3.05) is 23.7 Å². The fourth-order valence-electron chi connectivity index (χ4n) is 3.57. The third-order valence-corrected chi connectivity index (χ3v) is 5.19. The average Bonchev–Trinajstić information content (AvgIpc) is 2.72. The molecule has 0 atom stereocenters. The number of nitrogens with one attached hydrogen (secondary N) is 4. The summed E-state index contributed by atoms with van der Waals surface area (Å²) in [6.07, 6.45) is 3.84. The number of urea groups is 1. The number of anilines is 2. The Morgan fingerprint density at radius 3 is 2.41 bits per heavy atom. The van der Waals surface area contributed by atoms with E-state index >= 15 is 0 Å². The highest BCUT2D eigenvalue weighted by molar-refractivity contribution is 5.99. The second-order valence-corrected chi connectivity index (χ2v) is 7.66. The lowest BCUT2D eigenvalue weighted by molar-refractivity contribution is -0.121. The first-order valence-electron chi connectivity index (χ1n) is 10.3. The van der Waals surface area contributed by atoms with Gasteiger partial charge in [-0.3, -0.25) is 4.79 Å². The Kier molecular flexibility index (Phi) is 7.64. The van der Waals surface area contributed by atoms with Gasteiger partial charge in [0.1, 0.15) is 0 Å². The summed E-state index contributed by atoms with van der Waals surface area (Å²) in [5.74, 6) is 0.737. The van der Waals surface area contributed by atoms with Crippen LogP contribution in [0.5, 0.6) is 0 Å². The van der Waals surface area contributed by atoms with Crippen molar-refractivity contribution < 1.29 is 9.59 Å². The quantitative estimate of drug-likeness (QED) is 0.572. The molecule has 3 amide bonds. The van der Waals surface area contributed by atoms with Crippen LogP contribution in [0.3, 0.4) is 0 Å². The van der Waals surface area contributed by atoms with Gasteiger partial charge in [0.2, 0.25) is 5.91 Å². The summed E-state index contributed by atoms with van der Waals surface area (Å²) in [7, 11) is 0. The van der Waals surface area contributed by atoms with Crippen LogP contribution in [0.25, 0.3) is 0 Å². The van der Waals surface area contributed by atoms with Crippen molar-refractivity contribution >= 4 is 23.3 Å². The Morgan fingerprint density at radius 1 is 1.00 bits per heavy atom. The Balaban J connectivity index is 1.43. The number of carbonyl (C=O) groups is 2. The first kappa shape index (κ1) is 20.9. The lowest BCUT2D eigenvalue weighted by atomic mass is 9.93. The minimum Gasteiger partial charge on any atom is -0.352 e. The van der Waals surface area contributed by atoms with Gasteiger partial charge in [0.05, 0.1) is 0 Å². The molecule has 4 N–H and O–H groups in total. The Morgan fingerprint density at radius 2 is 1.69 bits per heavy atom. The molecule has 1 saturated heterocycles. The van der Waals surface area contributed by atoms with E-state index in [1.807, 2.05) is 55.5 Å². The van der Waals surface area contributed by atoms with Crippen LogP contribution in [-0.4, -0.2) is 25.0 Å². The fraction of sp³-hybridized carbons (Fsp3) is 0.391. The van der Waals surface area contributed by atoms with Crippen LogP contribution in [0.15, 0.2) is 48.5 Å². The Hall–Kier alpha value is -2.86. The maximum atomic E-state index is 12.2. The molecule has 1 heterocycles. The highest BCUT2D eigenvalue weighted by Gasteiger charge is 2.14. The van der Waals surface area contributed by atoms with Gasteiger partial charge < -0.3 is 21.3 Å². The van der Waals surface area contributed by atoms with E-state index in [1.54, 1.807) is 0 Å². The van der Waals surface area contributed by atoms with Gasteiger partial charge in [0.15, 0.2) is 0 Å². The largest absolute Gasteiger partial charge is 0.352 e. The molecule has 154 valence electrons. The molecule has 6 nitrogen and oxygen atoms in total. The van der Waals surface area contributed by atoms with Crippen LogP contribution >= 0.6 is 0 Å². The molecular formula is C23H30N4O2. The molecule has 29 heavy (non-hydrogen) atoms. The normalized spacial score (nSPS) is 14.2. The topological polar surface area (TPSA) is 82.3 Å². The standard InChI is InChI=1S/C23H30N4O2/c1-17-4-2-6-20(14-17)26-23(29)27-21-7-3-5-19(15-21)16-25-22(28)9-8-18-10-12-24-13-11-18/h2-7,14-15,18,24H,8-13,16H2,1H3,(H,25,28)(H2,26,27,29). The maximum absolute atomic E-state index is 12.2. The van der Waals surface area contributed by atoms with Crippen LogP contribution in [-0.2, 0) is 11.3 Å². The van der Waals surface area contributed by atoms with Crippen molar-refractivity contribution in [2.45, 2.75) is 39.2 Å². The van der Waals surface area contributed by atoms with E-state index < -0.39 is 0 Å².